The van der Waals surface area contributed by atoms with Gasteiger partial charge in [-0.25, -0.2) is 4.79 Å². The van der Waals surface area contributed by atoms with Gasteiger partial charge in [-0.2, -0.15) is 5.10 Å². The summed E-state index contributed by atoms with van der Waals surface area (Å²) in [6.07, 6.45) is 0. The number of methoxy groups -OCH3 is 1. The Labute approximate surface area is 98.0 Å². The quantitative estimate of drug-likeness (QED) is 0.849. The van der Waals surface area contributed by atoms with Gasteiger partial charge in [0.05, 0.1) is 12.8 Å². The van der Waals surface area contributed by atoms with E-state index in [1.807, 2.05) is 25.1 Å². The number of carboxylic acids is 1. The maximum absolute atomic E-state index is 10.8. The second-order valence-electron chi connectivity index (χ2n) is 3.60. The van der Waals surface area contributed by atoms with E-state index in [2.05, 4.69) is 10.2 Å². The Hall–Kier alpha value is -2.30. The van der Waals surface area contributed by atoms with Crippen molar-refractivity contribution in [2.75, 3.05) is 7.11 Å². The van der Waals surface area contributed by atoms with E-state index in [0.29, 0.717) is 5.69 Å². The molecule has 0 atom stereocenters. The van der Waals surface area contributed by atoms with Gasteiger partial charge in [0.1, 0.15) is 11.4 Å². The molecule has 0 unspecified atom stereocenters. The number of nitrogens with one attached hydrogen (secondary N) is 1. The van der Waals surface area contributed by atoms with Crippen LogP contribution in [0.2, 0.25) is 0 Å². The lowest BCUT2D eigenvalue weighted by molar-refractivity contribution is 0.0690. The molecule has 0 aliphatic heterocycles. The number of ether oxygens (including phenoxy) is 1. The zero-order valence-corrected chi connectivity index (χ0v) is 9.52. The summed E-state index contributed by atoms with van der Waals surface area (Å²) in [6.45, 7) is 1.91. The summed E-state index contributed by atoms with van der Waals surface area (Å²) in [6, 6.07) is 7.07. The molecule has 5 nitrogen and oxygen atoms in total. The van der Waals surface area contributed by atoms with E-state index >= 15 is 0 Å². The van der Waals surface area contributed by atoms with E-state index in [1.165, 1.54) is 6.07 Å². The highest BCUT2D eigenvalue weighted by Crippen LogP contribution is 2.28. The molecule has 5 heteroatoms. The molecule has 0 saturated heterocycles. The molecule has 0 aliphatic carbocycles. The third kappa shape index (κ3) is 1.99. The predicted octanol–water partition coefficient (Wildman–Crippen LogP) is 2.09. The normalized spacial score (nSPS) is 10.2. The summed E-state index contributed by atoms with van der Waals surface area (Å²) in [5, 5.41) is 15.3. The molecule has 2 N–H and O–H groups in total. The fourth-order valence-electron chi connectivity index (χ4n) is 1.68. The number of aromatic carboxylic acids is 1. The Morgan fingerprint density at radius 1 is 1.47 bits per heavy atom. The van der Waals surface area contributed by atoms with Gasteiger partial charge in [-0.1, -0.05) is 12.1 Å². The van der Waals surface area contributed by atoms with E-state index in [9.17, 15) is 4.79 Å². The smallest absolute Gasteiger partial charge is 0.353 e. The van der Waals surface area contributed by atoms with Gasteiger partial charge in [-0.05, 0) is 19.1 Å². The van der Waals surface area contributed by atoms with Crippen LogP contribution in [0, 0.1) is 6.92 Å². The predicted molar refractivity (Wildman–Crippen MR) is 62.3 cm³/mol. The topological polar surface area (TPSA) is 75.2 Å². The highest BCUT2D eigenvalue weighted by atomic mass is 16.5. The summed E-state index contributed by atoms with van der Waals surface area (Å²) in [5.74, 6) is -0.272. The number of H-pyrrole nitrogens is 1. The molecular weight excluding hydrogens is 220 g/mol. The molecule has 0 amide bonds. The fraction of sp³-hybridized carbons (Fsp3) is 0.167. The first kappa shape index (κ1) is 11.2. The minimum atomic E-state index is -1.02. The van der Waals surface area contributed by atoms with Gasteiger partial charge in [0, 0.05) is 11.1 Å². The number of aromatic nitrogens is 2. The maximum Gasteiger partial charge on any atom is 0.353 e. The van der Waals surface area contributed by atoms with E-state index < -0.39 is 5.97 Å². The highest BCUT2D eigenvalue weighted by Gasteiger charge is 2.12. The van der Waals surface area contributed by atoms with Crippen molar-refractivity contribution in [1.82, 2.24) is 10.2 Å². The first-order valence-electron chi connectivity index (χ1n) is 5.06. The third-order valence-electron chi connectivity index (χ3n) is 2.59. The first-order chi connectivity index (χ1) is 8.13. The Kier molecular flexibility index (Phi) is 2.82. The third-order valence-corrected chi connectivity index (χ3v) is 2.59. The second kappa shape index (κ2) is 4.29. The molecule has 17 heavy (non-hydrogen) atoms. The molecule has 0 saturated carbocycles. The minimum Gasteiger partial charge on any atom is -0.496 e. The second-order valence-corrected chi connectivity index (χ2v) is 3.60. The summed E-state index contributed by atoms with van der Waals surface area (Å²) in [7, 11) is 1.60. The van der Waals surface area contributed by atoms with E-state index in [1.54, 1.807) is 7.11 Å². The number of carboxylic acid groups (broad SMARTS) is 1. The number of aromatic amines is 1. The van der Waals surface area contributed by atoms with Crippen molar-refractivity contribution < 1.29 is 14.6 Å². The monoisotopic (exact) mass is 232 g/mol. The first-order valence-corrected chi connectivity index (χ1v) is 5.06. The van der Waals surface area contributed by atoms with Crippen LogP contribution in [-0.4, -0.2) is 28.4 Å². The molecule has 0 spiro atoms. The number of rotatable bonds is 3. The van der Waals surface area contributed by atoms with E-state index in [-0.39, 0.29) is 5.69 Å². The van der Waals surface area contributed by atoms with Crippen molar-refractivity contribution in [3.63, 3.8) is 0 Å². The van der Waals surface area contributed by atoms with Gasteiger partial charge in [0.2, 0.25) is 0 Å². The molecule has 0 fully saturated rings. The zero-order valence-electron chi connectivity index (χ0n) is 9.52. The van der Waals surface area contributed by atoms with Gasteiger partial charge < -0.3 is 9.84 Å². The van der Waals surface area contributed by atoms with Crippen molar-refractivity contribution in [2.24, 2.45) is 0 Å². The summed E-state index contributed by atoms with van der Waals surface area (Å²) in [4.78, 5) is 10.8. The molecule has 1 heterocycles. The standard InChI is InChI=1S/C12H12N2O3/c1-7-8(4-3-5-11(7)17-2)9-6-10(12(15)16)14-13-9/h3-6H,1-2H3,(H,13,14)(H,15,16). The number of hydrogen-bond acceptors (Lipinski definition) is 3. The van der Waals surface area contributed by atoms with Crippen LogP contribution in [0.25, 0.3) is 11.3 Å². The largest absolute Gasteiger partial charge is 0.496 e. The Balaban J connectivity index is 2.49. The molecule has 1 aromatic carbocycles. The van der Waals surface area contributed by atoms with Crippen LogP contribution in [0.15, 0.2) is 24.3 Å². The molecule has 0 bridgehead atoms. The van der Waals surface area contributed by atoms with Gasteiger partial charge in [-0.15, -0.1) is 0 Å². The Morgan fingerprint density at radius 3 is 2.82 bits per heavy atom. The number of nitrogens with zero attached hydrogens (tertiary/aromatic N) is 1. The SMILES string of the molecule is COc1cccc(-c2cc(C(=O)O)[nH]n2)c1C. The van der Waals surface area contributed by atoms with E-state index in [4.69, 9.17) is 9.84 Å². The van der Waals surface area contributed by atoms with Gasteiger partial charge in [-0.3, -0.25) is 5.10 Å². The lowest BCUT2D eigenvalue weighted by Gasteiger charge is -2.07. The van der Waals surface area contributed by atoms with Gasteiger partial charge in [0.15, 0.2) is 0 Å². The number of hydrogen-bond donors (Lipinski definition) is 2. The maximum atomic E-state index is 10.8. The van der Waals surface area contributed by atoms with Gasteiger partial charge in [0.25, 0.3) is 0 Å². The number of benzene rings is 1. The lowest BCUT2D eigenvalue weighted by atomic mass is 10.0. The van der Waals surface area contributed by atoms with Crippen LogP contribution < -0.4 is 4.74 Å². The van der Waals surface area contributed by atoms with Crippen LogP contribution >= 0.6 is 0 Å². The van der Waals surface area contributed by atoms with Crippen LogP contribution in [0.3, 0.4) is 0 Å². The van der Waals surface area contributed by atoms with Crippen molar-refractivity contribution >= 4 is 5.97 Å². The summed E-state index contributed by atoms with van der Waals surface area (Å²) in [5.41, 5.74) is 2.45. The summed E-state index contributed by atoms with van der Waals surface area (Å²) >= 11 is 0. The average Bonchev–Trinajstić information content (AvgIpc) is 2.78. The van der Waals surface area contributed by atoms with E-state index in [0.717, 1.165) is 16.9 Å². The molecule has 88 valence electrons. The van der Waals surface area contributed by atoms with Crippen LogP contribution in [0.5, 0.6) is 5.75 Å². The fourth-order valence-corrected chi connectivity index (χ4v) is 1.68. The molecule has 0 aliphatic rings. The van der Waals surface area contributed by atoms with Gasteiger partial charge >= 0.3 is 5.97 Å². The summed E-state index contributed by atoms with van der Waals surface area (Å²) < 4.78 is 5.21. The molecule has 0 radical (unpaired) electrons. The van der Waals surface area contributed by atoms with Crippen molar-refractivity contribution in [3.8, 4) is 17.0 Å². The molecular formula is C12H12N2O3. The van der Waals surface area contributed by atoms with Crippen LogP contribution in [0.4, 0.5) is 0 Å². The van der Waals surface area contributed by atoms with Crippen LogP contribution in [-0.2, 0) is 0 Å². The van der Waals surface area contributed by atoms with Crippen molar-refractivity contribution in [3.05, 3.63) is 35.5 Å². The minimum absolute atomic E-state index is 0.0715. The van der Waals surface area contributed by atoms with Crippen LogP contribution in [0.1, 0.15) is 16.1 Å². The van der Waals surface area contributed by atoms with Crippen molar-refractivity contribution in [1.29, 1.82) is 0 Å². The molecule has 2 aromatic rings. The number of carbonyl (C=O) groups is 1. The average molecular weight is 232 g/mol. The Morgan fingerprint density at radius 2 is 2.24 bits per heavy atom. The molecule has 1 aromatic heterocycles. The Bertz CT molecular complexity index is 561. The highest BCUT2D eigenvalue weighted by molar-refractivity contribution is 5.87. The zero-order chi connectivity index (χ0) is 12.4. The molecule has 2 rings (SSSR count). The lowest BCUT2D eigenvalue weighted by Crippen LogP contribution is -1.95. The van der Waals surface area contributed by atoms with Crippen molar-refractivity contribution in [2.45, 2.75) is 6.92 Å².